The van der Waals surface area contributed by atoms with Crippen molar-refractivity contribution in [2.24, 2.45) is 7.05 Å². The van der Waals surface area contributed by atoms with Crippen molar-refractivity contribution in [2.45, 2.75) is 20.4 Å². The van der Waals surface area contributed by atoms with Gasteiger partial charge in [0.1, 0.15) is 0 Å². The number of aromatic amines is 1. The van der Waals surface area contributed by atoms with Gasteiger partial charge in [-0.05, 0) is 30.5 Å². The number of anilines is 1. The summed E-state index contributed by atoms with van der Waals surface area (Å²) in [5, 5.41) is 3.13. The smallest absolute Gasteiger partial charge is 0.278 e. The minimum atomic E-state index is -0.192. The molecule has 0 aliphatic rings. The van der Waals surface area contributed by atoms with Gasteiger partial charge in [0.2, 0.25) is 5.95 Å². The fourth-order valence-corrected chi connectivity index (χ4v) is 2.25. The van der Waals surface area contributed by atoms with Crippen LogP contribution in [0.1, 0.15) is 16.7 Å². The number of benzene rings is 1. The molecule has 0 fully saturated rings. The first-order valence-corrected chi connectivity index (χ1v) is 6.76. The third kappa shape index (κ3) is 2.52. The normalized spacial score (nSPS) is 11.0. The molecule has 0 aliphatic heterocycles. The fraction of sp³-hybridized carbons (Fsp3) is 0.267. The van der Waals surface area contributed by atoms with Gasteiger partial charge in [-0.2, -0.15) is 4.98 Å². The molecular formula is C15H17N5O. The lowest BCUT2D eigenvalue weighted by Crippen LogP contribution is -2.14. The van der Waals surface area contributed by atoms with Crippen molar-refractivity contribution in [3.05, 3.63) is 51.6 Å². The van der Waals surface area contributed by atoms with Crippen LogP contribution in [0.4, 0.5) is 5.95 Å². The number of hydrogen-bond donors (Lipinski definition) is 2. The first-order chi connectivity index (χ1) is 10.0. The summed E-state index contributed by atoms with van der Waals surface area (Å²) < 4.78 is 1.66. The van der Waals surface area contributed by atoms with E-state index in [0.29, 0.717) is 23.7 Å². The van der Waals surface area contributed by atoms with E-state index in [1.807, 2.05) is 0 Å². The summed E-state index contributed by atoms with van der Waals surface area (Å²) in [6.45, 7) is 4.77. The van der Waals surface area contributed by atoms with E-state index in [1.54, 1.807) is 17.9 Å². The maximum absolute atomic E-state index is 12.0. The van der Waals surface area contributed by atoms with Crippen molar-refractivity contribution in [1.82, 2.24) is 19.5 Å². The van der Waals surface area contributed by atoms with Crippen LogP contribution in [0.5, 0.6) is 0 Å². The van der Waals surface area contributed by atoms with E-state index in [4.69, 9.17) is 0 Å². The van der Waals surface area contributed by atoms with E-state index in [9.17, 15) is 4.79 Å². The van der Waals surface area contributed by atoms with Gasteiger partial charge < -0.3 is 9.88 Å². The Balaban J connectivity index is 1.85. The first kappa shape index (κ1) is 13.4. The van der Waals surface area contributed by atoms with Gasteiger partial charge in [-0.1, -0.05) is 18.2 Å². The standard InChI is InChI=1S/C15H17N5O/c1-9-4-5-11(6-10(9)2)7-16-15-18-13-12(14(21)19-15)20(3)8-17-13/h4-6,8H,7H2,1-3H3,(H2,16,18,19,21). The van der Waals surface area contributed by atoms with Crippen molar-refractivity contribution in [3.8, 4) is 0 Å². The molecule has 6 nitrogen and oxygen atoms in total. The monoisotopic (exact) mass is 283 g/mol. The molecule has 0 aliphatic carbocycles. The predicted octanol–water partition coefficient (Wildman–Crippen LogP) is 1.89. The highest BCUT2D eigenvalue weighted by molar-refractivity contribution is 5.70. The molecule has 0 unspecified atom stereocenters. The number of imidazole rings is 1. The van der Waals surface area contributed by atoms with Crippen LogP contribution in [0.15, 0.2) is 29.3 Å². The van der Waals surface area contributed by atoms with E-state index in [2.05, 4.69) is 52.3 Å². The number of nitrogens with zero attached hydrogens (tertiary/aromatic N) is 3. The highest BCUT2D eigenvalue weighted by atomic mass is 16.1. The predicted molar refractivity (Wildman–Crippen MR) is 82.4 cm³/mol. The molecule has 2 N–H and O–H groups in total. The van der Waals surface area contributed by atoms with Gasteiger partial charge in [0, 0.05) is 13.6 Å². The second kappa shape index (κ2) is 5.05. The highest BCUT2D eigenvalue weighted by Crippen LogP contribution is 2.11. The van der Waals surface area contributed by atoms with Crippen LogP contribution in [0.3, 0.4) is 0 Å². The van der Waals surface area contributed by atoms with Gasteiger partial charge in [-0.15, -0.1) is 0 Å². The number of nitrogens with one attached hydrogen (secondary N) is 2. The molecule has 0 saturated heterocycles. The Labute approximate surface area is 121 Å². The van der Waals surface area contributed by atoms with E-state index in [1.165, 1.54) is 11.1 Å². The summed E-state index contributed by atoms with van der Waals surface area (Å²) in [6, 6.07) is 6.27. The number of rotatable bonds is 3. The maximum atomic E-state index is 12.0. The maximum Gasteiger partial charge on any atom is 0.278 e. The third-order valence-corrected chi connectivity index (χ3v) is 3.61. The molecule has 0 bridgehead atoms. The topological polar surface area (TPSA) is 75.6 Å². The second-order valence-electron chi connectivity index (χ2n) is 5.21. The van der Waals surface area contributed by atoms with Gasteiger partial charge in [0.15, 0.2) is 11.2 Å². The van der Waals surface area contributed by atoms with Gasteiger partial charge in [0.25, 0.3) is 5.56 Å². The SMILES string of the molecule is Cc1ccc(CNc2nc3ncn(C)c3c(=O)[nH]2)cc1C. The largest absolute Gasteiger partial charge is 0.352 e. The third-order valence-electron chi connectivity index (χ3n) is 3.61. The Morgan fingerprint density at radius 2 is 2.10 bits per heavy atom. The molecule has 21 heavy (non-hydrogen) atoms. The van der Waals surface area contributed by atoms with Gasteiger partial charge in [-0.25, -0.2) is 4.98 Å². The molecule has 0 amide bonds. The average Bonchev–Trinajstić information content (AvgIpc) is 2.82. The van der Waals surface area contributed by atoms with Crippen LogP contribution >= 0.6 is 0 Å². The number of hydrogen-bond acceptors (Lipinski definition) is 4. The van der Waals surface area contributed by atoms with Crippen LogP contribution in [0.2, 0.25) is 0 Å². The Bertz CT molecular complexity index is 862. The lowest BCUT2D eigenvalue weighted by atomic mass is 10.1. The van der Waals surface area contributed by atoms with Crippen molar-refractivity contribution in [3.63, 3.8) is 0 Å². The quantitative estimate of drug-likeness (QED) is 0.769. The van der Waals surface area contributed by atoms with Crippen molar-refractivity contribution in [1.29, 1.82) is 0 Å². The minimum Gasteiger partial charge on any atom is -0.352 e. The molecule has 0 saturated carbocycles. The van der Waals surface area contributed by atoms with Crippen molar-refractivity contribution >= 4 is 17.1 Å². The van der Waals surface area contributed by atoms with Crippen molar-refractivity contribution in [2.75, 3.05) is 5.32 Å². The molecule has 3 rings (SSSR count). The number of aromatic nitrogens is 4. The zero-order chi connectivity index (χ0) is 15.0. The molecule has 0 radical (unpaired) electrons. The van der Waals surface area contributed by atoms with E-state index < -0.39 is 0 Å². The van der Waals surface area contributed by atoms with Crippen LogP contribution in [0.25, 0.3) is 11.2 Å². The summed E-state index contributed by atoms with van der Waals surface area (Å²) in [5.41, 5.74) is 4.39. The molecule has 108 valence electrons. The summed E-state index contributed by atoms with van der Waals surface area (Å²) in [4.78, 5) is 23.2. The lowest BCUT2D eigenvalue weighted by Gasteiger charge is -2.07. The van der Waals surface area contributed by atoms with Crippen LogP contribution in [-0.2, 0) is 13.6 Å². The van der Waals surface area contributed by atoms with Gasteiger partial charge in [0.05, 0.1) is 6.33 Å². The zero-order valence-electron chi connectivity index (χ0n) is 12.3. The van der Waals surface area contributed by atoms with Gasteiger partial charge >= 0.3 is 0 Å². The molecule has 0 spiro atoms. The van der Waals surface area contributed by atoms with E-state index >= 15 is 0 Å². The van der Waals surface area contributed by atoms with Crippen LogP contribution in [-0.4, -0.2) is 19.5 Å². The summed E-state index contributed by atoms with van der Waals surface area (Å²) in [5.74, 6) is 0.435. The van der Waals surface area contributed by atoms with Gasteiger partial charge in [-0.3, -0.25) is 9.78 Å². The Kier molecular flexibility index (Phi) is 3.21. The first-order valence-electron chi connectivity index (χ1n) is 6.76. The summed E-state index contributed by atoms with van der Waals surface area (Å²) >= 11 is 0. The molecular weight excluding hydrogens is 266 g/mol. The molecule has 2 aromatic heterocycles. The molecule has 6 heteroatoms. The number of aryl methyl sites for hydroxylation is 3. The van der Waals surface area contributed by atoms with Crippen LogP contribution < -0.4 is 10.9 Å². The Hall–Kier alpha value is -2.63. The zero-order valence-corrected chi connectivity index (χ0v) is 12.3. The number of H-pyrrole nitrogens is 1. The molecule has 2 heterocycles. The highest BCUT2D eigenvalue weighted by Gasteiger charge is 2.08. The minimum absolute atomic E-state index is 0.192. The second-order valence-corrected chi connectivity index (χ2v) is 5.21. The lowest BCUT2D eigenvalue weighted by molar-refractivity contribution is 0.937. The number of fused-ring (bicyclic) bond motifs is 1. The van der Waals surface area contributed by atoms with Crippen LogP contribution in [0, 0.1) is 13.8 Å². The Morgan fingerprint density at radius 1 is 1.29 bits per heavy atom. The summed E-state index contributed by atoms with van der Waals surface area (Å²) in [6.07, 6.45) is 1.58. The summed E-state index contributed by atoms with van der Waals surface area (Å²) in [7, 11) is 1.77. The Morgan fingerprint density at radius 3 is 2.86 bits per heavy atom. The van der Waals surface area contributed by atoms with Crippen molar-refractivity contribution < 1.29 is 0 Å². The van der Waals surface area contributed by atoms with E-state index in [0.717, 1.165) is 5.56 Å². The fourth-order valence-electron chi connectivity index (χ4n) is 2.25. The van der Waals surface area contributed by atoms with E-state index in [-0.39, 0.29) is 5.56 Å². The molecule has 0 atom stereocenters. The molecule has 1 aromatic carbocycles. The average molecular weight is 283 g/mol. The molecule has 3 aromatic rings.